The Morgan fingerprint density at radius 2 is 1.79 bits per heavy atom. The molecule has 0 aromatic heterocycles. The molecule has 1 saturated heterocycles. The molecule has 3 rings (SSSR count). The van der Waals surface area contributed by atoms with E-state index in [-0.39, 0.29) is 30.1 Å². The van der Waals surface area contributed by atoms with Gasteiger partial charge in [-0.15, -0.1) is 0 Å². The van der Waals surface area contributed by atoms with Gasteiger partial charge in [0.1, 0.15) is 6.04 Å². The SMILES string of the molecule is CC(C)CC(NC(=O)[C@H](CO)NC(=O)C1CCCC(Cc2ccccc2)C1)C(=O)C1(CO)CO1. The summed E-state index contributed by atoms with van der Waals surface area (Å²) in [5.41, 5.74) is 0.00281. The van der Waals surface area contributed by atoms with Crippen molar-refractivity contribution >= 4 is 17.6 Å². The maximum absolute atomic E-state index is 13.0. The number of aliphatic hydroxyl groups excluding tert-OH is 2. The number of carbonyl (C=O) groups excluding carboxylic acids is 3. The van der Waals surface area contributed by atoms with E-state index in [9.17, 15) is 24.6 Å². The van der Waals surface area contributed by atoms with Crippen LogP contribution >= 0.6 is 0 Å². The van der Waals surface area contributed by atoms with Crippen LogP contribution in [-0.2, 0) is 25.5 Å². The summed E-state index contributed by atoms with van der Waals surface area (Å²) in [4.78, 5) is 38.7. The van der Waals surface area contributed by atoms with Crippen LogP contribution in [0.3, 0.4) is 0 Å². The summed E-state index contributed by atoms with van der Waals surface area (Å²) in [6.45, 7) is 2.96. The summed E-state index contributed by atoms with van der Waals surface area (Å²) < 4.78 is 5.16. The van der Waals surface area contributed by atoms with Gasteiger partial charge in [0, 0.05) is 5.92 Å². The van der Waals surface area contributed by atoms with Crippen LogP contribution in [0.4, 0.5) is 0 Å². The molecule has 8 nitrogen and oxygen atoms in total. The second-order valence-corrected chi connectivity index (χ2v) is 10.2. The van der Waals surface area contributed by atoms with Crippen molar-refractivity contribution in [2.45, 2.75) is 70.1 Å². The Hall–Kier alpha value is -2.29. The van der Waals surface area contributed by atoms with Gasteiger partial charge < -0.3 is 25.6 Å². The average Bonchev–Trinajstić information content (AvgIpc) is 3.63. The lowest BCUT2D eigenvalue weighted by molar-refractivity contribution is -0.135. The second kappa shape index (κ2) is 11.9. The molecule has 4 N–H and O–H groups in total. The first-order valence-electron chi connectivity index (χ1n) is 12.3. The number of aliphatic hydroxyl groups is 2. The molecule has 8 heteroatoms. The van der Waals surface area contributed by atoms with E-state index in [0.29, 0.717) is 12.3 Å². The number of amides is 2. The highest BCUT2D eigenvalue weighted by atomic mass is 16.6. The molecule has 0 spiro atoms. The molecular formula is C26H38N2O6. The number of ketones is 1. The van der Waals surface area contributed by atoms with Gasteiger partial charge in [0.2, 0.25) is 11.8 Å². The number of nitrogens with one attached hydrogen (secondary N) is 2. The molecular weight excluding hydrogens is 436 g/mol. The van der Waals surface area contributed by atoms with Crippen LogP contribution in [0.1, 0.15) is 51.5 Å². The Morgan fingerprint density at radius 1 is 1.09 bits per heavy atom. The third-order valence-electron chi connectivity index (χ3n) is 6.87. The molecule has 0 radical (unpaired) electrons. The number of hydrogen-bond acceptors (Lipinski definition) is 6. The van der Waals surface area contributed by atoms with Gasteiger partial charge in [0.05, 0.1) is 25.9 Å². The first-order chi connectivity index (χ1) is 16.3. The zero-order chi connectivity index (χ0) is 24.7. The minimum atomic E-state index is -1.25. The minimum Gasteiger partial charge on any atom is -0.394 e. The van der Waals surface area contributed by atoms with Crippen LogP contribution in [0.5, 0.6) is 0 Å². The zero-order valence-corrected chi connectivity index (χ0v) is 20.2. The monoisotopic (exact) mass is 474 g/mol. The molecule has 2 amide bonds. The Kier molecular flexibility index (Phi) is 9.22. The molecule has 1 aromatic rings. The first kappa shape index (κ1) is 26.3. The predicted molar refractivity (Wildman–Crippen MR) is 127 cm³/mol. The van der Waals surface area contributed by atoms with Crippen molar-refractivity contribution in [1.82, 2.24) is 10.6 Å². The number of ether oxygens (including phenoxy) is 1. The fraction of sp³-hybridized carbons (Fsp3) is 0.654. The van der Waals surface area contributed by atoms with E-state index in [1.807, 2.05) is 32.0 Å². The van der Waals surface area contributed by atoms with E-state index >= 15 is 0 Å². The summed E-state index contributed by atoms with van der Waals surface area (Å²) >= 11 is 0. The molecule has 1 aliphatic carbocycles. The molecule has 34 heavy (non-hydrogen) atoms. The minimum absolute atomic E-state index is 0.106. The normalized spacial score (nSPS) is 25.9. The Labute approximate surface area is 201 Å². The summed E-state index contributed by atoms with van der Waals surface area (Å²) in [7, 11) is 0. The molecule has 4 unspecified atom stereocenters. The molecule has 188 valence electrons. The molecule has 1 aromatic carbocycles. The van der Waals surface area contributed by atoms with E-state index in [1.54, 1.807) is 0 Å². The lowest BCUT2D eigenvalue weighted by atomic mass is 9.78. The lowest BCUT2D eigenvalue weighted by Gasteiger charge is -2.30. The van der Waals surface area contributed by atoms with Crippen molar-refractivity contribution in [3.8, 4) is 0 Å². The van der Waals surface area contributed by atoms with Crippen molar-refractivity contribution in [3.63, 3.8) is 0 Å². The smallest absolute Gasteiger partial charge is 0.245 e. The third-order valence-corrected chi connectivity index (χ3v) is 6.87. The molecule has 2 aliphatic rings. The maximum atomic E-state index is 13.0. The summed E-state index contributed by atoms with van der Waals surface area (Å²) in [5.74, 6) is -0.938. The van der Waals surface area contributed by atoms with Gasteiger partial charge in [0.25, 0.3) is 0 Å². The van der Waals surface area contributed by atoms with Crippen molar-refractivity contribution < 1.29 is 29.3 Å². The quantitative estimate of drug-likeness (QED) is 0.339. The highest BCUT2D eigenvalue weighted by molar-refractivity contribution is 5.98. The molecule has 2 fully saturated rings. The van der Waals surface area contributed by atoms with Crippen molar-refractivity contribution in [1.29, 1.82) is 0 Å². The maximum Gasteiger partial charge on any atom is 0.245 e. The number of carbonyl (C=O) groups is 3. The first-order valence-corrected chi connectivity index (χ1v) is 12.3. The van der Waals surface area contributed by atoms with Crippen molar-refractivity contribution in [2.75, 3.05) is 19.8 Å². The lowest BCUT2D eigenvalue weighted by Crippen LogP contribution is -2.56. The van der Waals surface area contributed by atoms with Gasteiger partial charge in [-0.3, -0.25) is 14.4 Å². The fourth-order valence-electron chi connectivity index (χ4n) is 4.84. The van der Waals surface area contributed by atoms with Crippen LogP contribution in [0.25, 0.3) is 0 Å². The van der Waals surface area contributed by atoms with Gasteiger partial charge >= 0.3 is 0 Å². The molecule has 1 saturated carbocycles. The van der Waals surface area contributed by atoms with E-state index < -0.39 is 36.8 Å². The largest absolute Gasteiger partial charge is 0.394 e. The van der Waals surface area contributed by atoms with Crippen LogP contribution in [-0.4, -0.2) is 65.3 Å². The van der Waals surface area contributed by atoms with Gasteiger partial charge in [-0.05, 0) is 43.1 Å². The highest BCUT2D eigenvalue weighted by Crippen LogP contribution is 2.32. The standard InChI is InChI=1S/C26H38N2O6/c1-17(2)11-21(23(31)26(15-30)16-34-26)27-25(33)22(14-29)28-24(32)20-10-6-9-19(13-20)12-18-7-4-3-5-8-18/h3-5,7-8,17,19-22,29-30H,6,9-16H2,1-2H3,(H,27,33)(H,28,32)/t19?,20?,21?,22-,26?/m0/s1. The van der Waals surface area contributed by atoms with Crippen LogP contribution in [0.2, 0.25) is 0 Å². The van der Waals surface area contributed by atoms with Gasteiger partial charge in [-0.25, -0.2) is 0 Å². The molecule has 1 heterocycles. The molecule has 0 bridgehead atoms. The number of benzene rings is 1. The third kappa shape index (κ3) is 6.87. The van der Waals surface area contributed by atoms with Crippen LogP contribution < -0.4 is 10.6 Å². The number of epoxide rings is 1. The predicted octanol–water partition coefficient (Wildman–Crippen LogP) is 1.37. The zero-order valence-electron chi connectivity index (χ0n) is 20.2. The summed E-state index contributed by atoms with van der Waals surface area (Å²) in [6.07, 6.45) is 4.79. The Balaban J connectivity index is 1.57. The number of Topliss-reactive ketones (excluding diaryl/α,β-unsaturated/α-hetero) is 1. The Bertz CT molecular complexity index is 839. The van der Waals surface area contributed by atoms with E-state index in [0.717, 1.165) is 32.1 Å². The second-order valence-electron chi connectivity index (χ2n) is 10.2. The topological polar surface area (TPSA) is 128 Å². The number of hydrogen-bond donors (Lipinski definition) is 4. The average molecular weight is 475 g/mol. The van der Waals surface area contributed by atoms with Crippen LogP contribution in [0, 0.1) is 17.8 Å². The van der Waals surface area contributed by atoms with E-state index in [1.165, 1.54) is 5.56 Å². The van der Waals surface area contributed by atoms with E-state index in [4.69, 9.17) is 4.74 Å². The summed E-state index contributed by atoms with van der Waals surface area (Å²) in [5, 5.41) is 24.7. The number of rotatable bonds is 12. The Morgan fingerprint density at radius 3 is 2.38 bits per heavy atom. The van der Waals surface area contributed by atoms with Gasteiger partial charge in [-0.1, -0.05) is 57.0 Å². The van der Waals surface area contributed by atoms with Gasteiger partial charge in [-0.2, -0.15) is 0 Å². The van der Waals surface area contributed by atoms with Crippen molar-refractivity contribution in [3.05, 3.63) is 35.9 Å². The van der Waals surface area contributed by atoms with E-state index in [2.05, 4.69) is 22.8 Å². The summed E-state index contributed by atoms with van der Waals surface area (Å²) in [6, 6.07) is 8.20. The highest BCUT2D eigenvalue weighted by Gasteiger charge is 2.54. The fourth-order valence-corrected chi connectivity index (χ4v) is 4.84. The van der Waals surface area contributed by atoms with Gasteiger partial charge in [0.15, 0.2) is 11.4 Å². The molecule has 5 atom stereocenters. The van der Waals surface area contributed by atoms with Crippen molar-refractivity contribution in [2.24, 2.45) is 17.8 Å². The van der Waals surface area contributed by atoms with Crippen LogP contribution in [0.15, 0.2) is 30.3 Å². The molecule has 1 aliphatic heterocycles.